The highest BCUT2D eigenvalue weighted by Gasteiger charge is 2.10. The Balaban J connectivity index is 2.13. The van der Waals surface area contributed by atoms with Crippen LogP contribution < -0.4 is 10.6 Å². The van der Waals surface area contributed by atoms with Crippen molar-refractivity contribution < 1.29 is 4.79 Å². The molecule has 1 aromatic heterocycles. The maximum atomic E-state index is 12.1. The summed E-state index contributed by atoms with van der Waals surface area (Å²) in [4.78, 5) is 16.1. The van der Waals surface area contributed by atoms with Crippen molar-refractivity contribution in [3.05, 3.63) is 52.3 Å². The number of carbonyl (C=O) groups is 1. The molecule has 0 saturated carbocycles. The van der Waals surface area contributed by atoms with Gasteiger partial charge in [-0.3, -0.25) is 4.79 Å². The van der Waals surface area contributed by atoms with Crippen molar-refractivity contribution in [1.82, 2.24) is 4.98 Å². The number of hydrogen-bond donors (Lipinski definition) is 2. The molecule has 6 heteroatoms. The average molecular weight is 310 g/mol. The summed E-state index contributed by atoms with van der Waals surface area (Å²) < 4.78 is 0. The summed E-state index contributed by atoms with van der Waals surface area (Å²) in [5, 5.41) is 6.71. The Bertz CT molecular complexity index is 614. The normalized spacial score (nSPS) is 10.2. The van der Waals surface area contributed by atoms with Crippen molar-refractivity contribution in [3.63, 3.8) is 0 Å². The maximum absolute atomic E-state index is 12.1. The lowest BCUT2D eigenvalue weighted by molar-refractivity contribution is 0.102. The molecule has 0 bridgehead atoms. The van der Waals surface area contributed by atoms with Crippen LogP contribution in [0.5, 0.6) is 0 Å². The number of rotatable bonds is 4. The first-order valence-corrected chi connectivity index (χ1v) is 6.82. The van der Waals surface area contributed by atoms with Crippen molar-refractivity contribution in [2.45, 2.75) is 6.92 Å². The third-order valence-electron chi connectivity index (χ3n) is 2.55. The van der Waals surface area contributed by atoms with Gasteiger partial charge < -0.3 is 10.6 Å². The third-order valence-corrected chi connectivity index (χ3v) is 3.12. The molecule has 4 nitrogen and oxygen atoms in total. The molecule has 0 aliphatic rings. The van der Waals surface area contributed by atoms with Gasteiger partial charge in [0.05, 0.1) is 22.6 Å². The summed E-state index contributed by atoms with van der Waals surface area (Å²) in [5.41, 5.74) is 1.63. The van der Waals surface area contributed by atoms with Gasteiger partial charge in [0.1, 0.15) is 5.69 Å². The highest BCUT2D eigenvalue weighted by molar-refractivity contribution is 6.35. The molecule has 1 amide bonds. The Labute approximate surface area is 127 Å². The second kappa shape index (κ2) is 6.59. The van der Waals surface area contributed by atoms with Crippen molar-refractivity contribution in [2.24, 2.45) is 0 Å². The summed E-state index contributed by atoms with van der Waals surface area (Å²) in [5.74, 6) is -0.336. The fraction of sp³-hybridized carbons (Fsp3) is 0.143. The van der Waals surface area contributed by atoms with Gasteiger partial charge >= 0.3 is 0 Å². The Morgan fingerprint density at radius 1 is 1.25 bits per heavy atom. The highest BCUT2D eigenvalue weighted by atomic mass is 35.5. The SMILES string of the molecule is CCNc1ccc(C(=O)Nc2cc(Cl)ccc2Cl)nc1. The maximum Gasteiger partial charge on any atom is 0.274 e. The quantitative estimate of drug-likeness (QED) is 0.895. The van der Waals surface area contributed by atoms with Crippen LogP contribution in [-0.2, 0) is 0 Å². The minimum Gasteiger partial charge on any atom is -0.384 e. The van der Waals surface area contributed by atoms with Gasteiger partial charge in [0.15, 0.2) is 0 Å². The largest absolute Gasteiger partial charge is 0.384 e. The molecular weight excluding hydrogens is 297 g/mol. The van der Waals surface area contributed by atoms with Crippen LogP contribution in [0.4, 0.5) is 11.4 Å². The first-order valence-electron chi connectivity index (χ1n) is 6.06. The molecule has 0 unspecified atom stereocenters. The van der Waals surface area contributed by atoms with Crippen LogP contribution in [-0.4, -0.2) is 17.4 Å². The van der Waals surface area contributed by atoms with E-state index in [4.69, 9.17) is 23.2 Å². The van der Waals surface area contributed by atoms with Gasteiger partial charge in [-0.15, -0.1) is 0 Å². The van der Waals surface area contributed by atoms with Crippen LogP contribution in [0.1, 0.15) is 17.4 Å². The highest BCUT2D eigenvalue weighted by Crippen LogP contribution is 2.25. The van der Waals surface area contributed by atoms with Crippen LogP contribution in [0.15, 0.2) is 36.5 Å². The van der Waals surface area contributed by atoms with Crippen molar-refractivity contribution in [3.8, 4) is 0 Å². The van der Waals surface area contributed by atoms with E-state index in [9.17, 15) is 4.79 Å². The minimum atomic E-state index is -0.336. The van der Waals surface area contributed by atoms with E-state index in [0.717, 1.165) is 12.2 Å². The molecule has 1 heterocycles. The number of nitrogens with one attached hydrogen (secondary N) is 2. The lowest BCUT2D eigenvalue weighted by atomic mass is 10.2. The molecule has 2 aromatic rings. The standard InChI is InChI=1S/C14H13Cl2N3O/c1-2-17-10-4-6-12(18-8-10)14(20)19-13-7-9(15)3-5-11(13)16/h3-8,17H,2H2,1H3,(H,19,20). The van der Waals surface area contributed by atoms with Gasteiger partial charge in [-0.1, -0.05) is 23.2 Å². The summed E-state index contributed by atoms with van der Waals surface area (Å²) in [6.45, 7) is 2.78. The fourth-order valence-corrected chi connectivity index (χ4v) is 1.95. The molecule has 0 saturated heterocycles. The summed E-state index contributed by atoms with van der Waals surface area (Å²) in [6.07, 6.45) is 1.61. The number of carbonyl (C=O) groups excluding carboxylic acids is 1. The fourth-order valence-electron chi connectivity index (χ4n) is 1.62. The Kier molecular flexibility index (Phi) is 4.82. The van der Waals surface area contributed by atoms with E-state index >= 15 is 0 Å². The first-order chi connectivity index (χ1) is 9.60. The molecule has 0 aliphatic heterocycles. The minimum absolute atomic E-state index is 0.308. The zero-order chi connectivity index (χ0) is 14.5. The van der Waals surface area contributed by atoms with Crippen molar-refractivity contribution >= 4 is 40.5 Å². The average Bonchev–Trinajstić information content (AvgIpc) is 2.44. The number of nitrogens with zero attached hydrogens (tertiary/aromatic N) is 1. The molecule has 2 rings (SSSR count). The smallest absolute Gasteiger partial charge is 0.274 e. The van der Waals surface area contributed by atoms with Gasteiger partial charge in [0.25, 0.3) is 5.91 Å². The molecule has 104 valence electrons. The van der Waals surface area contributed by atoms with Gasteiger partial charge in [0, 0.05) is 11.6 Å². The molecule has 0 atom stereocenters. The lowest BCUT2D eigenvalue weighted by Crippen LogP contribution is -2.14. The van der Waals surface area contributed by atoms with Crippen molar-refractivity contribution in [1.29, 1.82) is 0 Å². The van der Waals surface area contributed by atoms with Gasteiger partial charge in [-0.2, -0.15) is 0 Å². The predicted octanol–water partition coefficient (Wildman–Crippen LogP) is 4.07. The van der Waals surface area contributed by atoms with E-state index in [2.05, 4.69) is 15.6 Å². The van der Waals surface area contributed by atoms with E-state index in [1.54, 1.807) is 36.5 Å². The third kappa shape index (κ3) is 3.62. The lowest BCUT2D eigenvalue weighted by Gasteiger charge is -2.08. The Hall–Kier alpha value is -1.78. The molecular formula is C14H13Cl2N3O. The number of pyridine rings is 1. The number of hydrogen-bond acceptors (Lipinski definition) is 3. The second-order valence-electron chi connectivity index (χ2n) is 4.04. The van der Waals surface area contributed by atoms with Crippen molar-refractivity contribution in [2.75, 3.05) is 17.2 Å². The Morgan fingerprint density at radius 3 is 2.70 bits per heavy atom. The summed E-state index contributed by atoms with van der Waals surface area (Å²) in [7, 11) is 0. The van der Waals surface area contributed by atoms with Crippen LogP contribution >= 0.6 is 23.2 Å². The number of anilines is 2. The second-order valence-corrected chi connectivity index (χ2v) is 4.88. The molecule has 2 N–H and O–H groups in total. The van der Waals surface area contributed by atoms with Crippen LogP contribution in [0.25, 0.3) is 0 Å². The number of halogens is 2. The van der Waals surface area contributed by atoms with E-state index in [-0.39, 0.29) is 5.91 Å². The predicted molar refractivity (Wildman–Crippen MR) is 82.8 cm³/mol. The van der Waals surface area contributed by atoms with Gasteiger partial charge in [-0.05, 0) is 37.3 Å². The topological polar surface area (TPSA) is 54.0 Å². The molecule has 0 fully saturated rings. The molecule has 0 aliphatic carbocycles. The number of aromatic nitrogens is 1. The monoisotopic (exact) mass is 309 g/mol. The van der Waals surface area contributed by atoms with Crippen LogP contribution in [0.2, 0.25) is 10.0 Å². The molecule has 0 spiro atoms. The number of benzene rings is 1. The van der Waals surface area contributed by atoms with E-state index in [0.29, 0.717) is 21.4 Å². The molecule has 1 aromatic carbocycles. The van der Waals surface area contributed by atoms with Crippen LogP contribution in [0.3, 0.4) is 0 Å². The van der Waals surface area contributed by atoms with E-state index < -0.39 is 0 Å². The first kappa shape index (κ1) is 14.6. The van der Waals surface area contributed by atoms with E-state index in [1.807, 2.05) is 6.92 Å². The number of amides is 1. The summed E-state index contributed by atoms with van der Waals surface area (Å²) in [6, 6.07) is 8.32. The Morgan fingerprint density at radius 2 is 2.05 bits per heavy atom. The zero-order valence-corrected chi connectivity index (χ0v) is 12.3. The van der Waals surface area contributed by atoms with E-state index in [1.165, 1.54) is 0 Å². The van der Waals surface area contributed by atoms with Gasteiger partial charge in [-0.25, -0.2) is 4.98 Å². The molecule has 0 radical (unpaired) electrons. The summed E-state index contributed by atoms with van der Waals surface area (Å²) >= 11 is 11.9. The zero-order valence-electron chi connectivity index (χ0n) is 10.8. The van der Waals surface area contributed by atoms with Crippen LogP contribution in [0, 0.1) is 0 Å². The molecule has 20 heavy (non-hydrogen) atoms. The van der Waals surface area contributed by atoms with Gasteiger partial charge in [0.2, 0.25) is 0 Å².